The molecule has 11 heteroatoms. The third kappa shape index (κ3) is 8.11. The largest absolute Gasteiger partial charge is 0.350 e. The maximum Gasteiger partial charge on any atom is 0.264 e. The molecule has 2 amide bonds. The fourth-order valence-corrected chi connectivity index (χ4v) is 5.63. The van der Waals surface area contributed by atoms with Crippen LogP contribution in [-0.4, -0.2) is 43.3 Å². The van der Waals surface area contributed by atoms with Gasteiger partial charge in [0, 0.05) is 17.1 Å². The summed E-state index contributed by atoms with van der Waals surface area (Å²) in [6.45, 7) is 6.52. The summed E-state index contributed by atoms with van der Waals surface area (Å²) >= 11 is 18.3. The minimum atomic E-state index is -4.15. The number of carbonyl (C=O) groups is 2. The Balaban J connectivity index is 2.03. The van der Waals surface area contributed by atoms with Crippen LogP contribution >= 0.6 is 34.8 Å². The minimum Gasteiger partial charge on any atom is -0.350 e. The molecule has 3 rings (SSSR count). The first-order valence-electron chi connectivity index (χ1n) is 12.1. The molecule has 0 saturated carbocycles. The third-order valence-electron chi connectivity index (χ3n) is 5.73. The maximum absolute atomic E-state index is 13.9. The predicted octanol–water partition coefficient (Wildman–Crippen LogP) is 6.17. The normalized spacial score (nSPS) is 12.5. The van der Waals surface area contributed by atoms with Gasteiger partial charge < -0.3 is 10.2 Å². The number of benzene rings is 3. The van der Waals surface area contributed by atoms with Crippen LogP contribution in [0.25, 0.3) is 0 Å². The summed E-state index contributed by atoms with van der Waals surface area (Å²) in [5.74, 6) is -0.980. The molecule has 1 N–H and O–H groups in total. The van der Waals surface area contributed by atoms with Gasteiger partial charge in [0.2, 0.25) is 11.8 Å². The van der Waals surface area contributed by atoms with E-state index in [9.17, 15) is 18.0 Å². The molecule has 0 aromatic heterocycles. The Bertz CT molecular complexity index is 1430. The van der Waals surface area contributed by atoms with Crippen LogP contribution in [-0.2, 0) is 26.2 Å². The van der Waals surface area contributed by atoms with Crippen molar-refractivity contribution in [2.45, 2.75) is 50.7 Å². The highest BCUT2D eigenvalue weighted by molar-refractivity contribution is 7.92. The van der Waals surface area contributed by atoms with Crippen LogP contribution < -0.4 is 9.62 Å². The molecule has 0 bridgehead atoms. The number of amides is 2. The van der Waals surface area contributed by atoms with Crippen molar-refractivity contribution in [3.63, 3.8) is 0 Å². The summed E-state index contributed by atoms with van der Waals surface area (Å²) in [4.78, 5) is 28.4. The molecule has 7 nitrogen and oxygen atoms in total. The van der Waals surface area contributed by atoms with Crippen LogP contribution in [0.3, 0.4) is 0 Å². The molecule has 3 aromatic carbocycles. The van der Waals surface area contributed by atoms with Crippen molar-refractivity contribution < 1.29 is 18.0 Å². The lowest BCUT2D eigenvalue weighted by atomic mass is 10.1. The lowest BCUT2D eigenvalue weighted by molar-refractivity contribution is -0.140. The average Bonchev–Trinajstić information content (AvgIpc) is 2.87. The van der Waals surface area contributed by atoms with Crippen molar-refractivity contribution in [1.82, 2.24) is 10.2 Å². The van der Waals surface area contributed by atoms with Crippen LogP contribution in [0.5, 0.6) is 0 Å². The van der Waals surface area contributed by atoms with Crippen molar-refractivity contribution in [1.29, 1.82) is 0 Å². The zero-order valence-electron chi connectivity index (χ0n) is 22.0. The number of sulfonamides is 1. The number of nitrogens with one attached hydrogen (secondary N) is 1. The van der Waals surface area contributed by atoms with Crippen molar-refractivity contribution in [2.75, 3.05) is 10.8 Å². The van der Waals surface area contributed by atoms with E-state index in [1.165, 1.54) is 29.2 Å². The second-order valence-electron chi connectivity index (χ2n) is 9.99. The van der Waals surface area contributed by atoms with Gasteiger partial charge in [-0.25, -0.2) is 8.42 Å². The predicted molar refractivity (Wildman–Crippen MR) is 157 cm³/mol. The molecule has 0 saturated heterocycles. The monoisotopic (exact) mass is 609 g/mol. The number of rotatable bonds is 9. The summed E-state index contributed by atoms with van der Waals surface area (Å²) in [6.07, 6.45) is 0. The highest BCUT2D eigenvalue weighted by Crippen LogP contribution is 2.27. The molecule has 0 heterocycles. The van der Waals surface area contributed by atoms with E-state index in [2.05, 4.69) is 5.32 Å². The van der Waals surface area contributed by atoms with E-state index in [1.807, 2.05) is 20.8 Å². The minimum absolute atomic E-state index is 0.00566. The number of hydrogen-bond acceptors (Lipinski definition) is 4. The van der Waals surface area contributed by atoms with Gasteiger partial charge >= 0.3 is 0 Å². The molecule has 208 valence electrons. The maximum atomic E-state index is 13.9. The number of anilines is 1. The number of halogens is 3. The molecular formula is C28H30Cl3N3O4S. The van der Waals surface area contributed by atoms with Crippen molar-refractivity contribution in [3.05, 3.63) is 93.4 Å². The van der Waals surface area contributed by atoms with Gasteiger partial charge in [0.1, 0.15) is 12.6 Å². The first-order chi connectivity index (χ1) is 18.2. The number of nitrogens with zero attached hydrogens (tertiary/aromatic N) is 2. The molecule has 1 atom stereocenters. The third-order valence-corrected chi connectivity index (χ3v) is 8.51. The van der Waals surface area contributed by atoms with Crippen molar-refractivity contribution >= 4 is 62.3 Å². The van der Waals surface area contributed by atoms with Gasteiger partial charge in [0.05, 0.1) is 20.6 Å². The summed E-state index contributed by atoms with van der Waals surface area (Å²) in [5.41, 5.74) is 0.324. The van der Waals surface area contributed by atoms with E-state index >= 15 is 0 Å². The molecular weight excluding hydrogens is 581 g/mol. The van der Waals surface area contributed by atoms with E-state index in [0.717, 1.165) is 4.31 Å². The van der Waals surface area contributed by atoms with Crippen LogP contribution in [0, 0.1) is 0 Å². The molecule has 0 fully saturated rings. The second kappa shape index (κ2) is 12.6. The highest BCUT2D eigenvalue weighted by atomic mass is 35.5. The summed E-state index contributed by atoms with van der Waals surface area (Å²) in [5, 5.41) is 3.94. The molecule has 39 heavy (non-hydrogen) atoms. The van der Waals surface area contributed by atoms with Crippen LogP contribution in [0.4, 0.5) is 5.69 Å². The topological polar surface area (TPSA) is 86.8 Å². The molecule has 0 aliphatic carbocycles. The van der Waals surface area contributed by atoms with Crippen molar-refractivity contribution in [2.24, 2.45) is 0 Å². The zero-order valence-corrected chi connectivity index (χ0v) is 25.1. The van der Waals surface area contributed by atoms with E-state index in [-0.39, 0.29) is 23.0 Å². The summed E-state index contributed by atoms with van der Waals surface area (Å²) in [6, 6.07) is 17.9. The van der Waals surface area contributed by atoms with Gasteiger partial charge in [-0.15, -0.1) is 0 Å². The van der Waals surface area contributed by atoms with Gasteiger partial charge in [-0.2, -0.15) is 0 Å². The van der Waals surface area contributed by atoms with Gasteiger partial charge in [-0.3, -0.25) is 13.9 Å². The van der Waals surface area contributed by atoms with E-state index in [1.54, 1.807) is 55.5 Å². The number of carbonyl (C=O) groups excluding carboxylic acids is 2. The van der Waals surface area contributed by atoms with Gasteiger partial charge in [0.25, 0.3) is 10.0 Å². The Kier molecular flexibility index (Phi) is 9.93. The first-order valence-corrected chi connectivity index (χ1v) is 14.7. The van der Waals surface area contributed by atoms with Crippen LogP contribution in [0.15, 0.2) is 77.7 Å². The average molecular weight is 611 g/mol. The van der Waals surface area contributed by atoms with E-state index < -0.39 is 34.1 Å². The summed E-state index contributed by atoms with van der Waals surface area (Å²) in [7, 11) is -4.15. The van der Waals surface area contributed by atoms with Crippen molar-refractivity contribution in [3.8, 4) is 0 Å². The molecule has 0 spiro atoms. The standard InChI is InChI=1S/C28H30Cl3N3O4S/c1-19(27(36)32-28(2,3)4)33(17-20-10-15-24(30)25(31)16-20)26(35)18-34(22-13-11-21(29)12-14-22)39(37,38)23-8-6-5-7-9-23/h5-16,19H,17-18H2,1-4H3,(H,32,36)/t19-/m1/s1. The highest BCUT2D eigenvalue weighted by Gasteiger charge is 2.33. The smallest absolute Gasteiger partial charge is 0.264 e. The Morgan fingerprint density at radius 3 is 2.08 bits per heavy atom. The van der Waals surface area contributed by atoms with Crippen LogP contribution in [0.1, 0.15) is 33.3 Å². The zero-order chi connectivity index (χ0) is 29.0. The summed E-state index contributed by atoms with van der Waals surface area (Å²) < 4.78 is 28.4. The molecule has 3 aromatic rings. The lowest BCUT2D eigenvalue weighted by Gasteiger charge is -2.33. The Morgan fingerprint density at radius 2 is 1.51 bits per heavy atom. The molecule has 0 aliphatic heterocycles. The SMILES string of the molecule is C[C@H](C(=O)NC(C)(C)C)N(Cc1ccc(Cl)c(Cl)c1)C(=O)CN(c1ccc(Cl)cc1)S(=O)(=O)c1ccccc1. The van der Waals surface area contributed by atoms with E-state index in [0.29, 0.717) is 20.6 Å². The Morgan fingerprint density at radius 1 is 0.897 bits per heavy atom. The molecule has 0 radical (unpaired) electrons. The quantitative estimate of drug-likeness (QED) is 0.314. The van der Waals surface area contributed by atoms with Gasteiger partial charge in [-0.1, -0.05) is 59.1 Å². The van der Waals surface area contributed by atoms with Gasteiger partial charge in [-0.05, 0) is 81.8 Å². The second-order valence-corrected chi connectivity index (χ2v) is 13.1. The first kappa shape index (κ1) is 30.8. The fourth-order valence-electron chi connectivity index (χ4n) is 3.75. The van der Waals surface area contributed by atoms with E-state index in [4.69, 9.17) is 34.8 Å². The number of hydrogen-bond donors (Lipinski definition) is 1. The Labute approximate surface area is 244 Å². The van der Waals surface area contributed by atoms with Crippen LogP contribution in [0.2, 0.25) is 15.1 Å². The molecule has 0 aliphatic rings. The Hall–Kier alpha value is -2.78. The fraction of sp³-hybridized carbons (Fsp3) is 0.286. The molecule has 0 unspecified atom stereocenters. The van der Waals surface area contributed by atoms with Gasteiger partial charge in [0.15, 0.2) is 0 Å². The lowest BCUT2D eigenvalue weighted by Crippen LogP contribution is -2.54.